The van der Waals surface area contributed by atoms with Crippen molar-refractivity contribution in [1.29, 1.82) is 0 Å². The molecule has 0 aromatic rings. The summed E-state index contributed by atoms with van der Waals surface area (Å²) in [5.74, 6) is 6.75. The predicted molar refractivity (Wildman–Crippen MR) is 57.2 cm³/mol. The van der Waals surface area contributed by atoms with Gasteiger partial charge in [0.1, 0.15) is 0 Å². The Kier molecular flexibility index (Phi) is 4.93. The minimum Gasteiger partial charge on any atom is -0.327 e. The maximum absolute atomic E-state index is 6.10. The first-order valence-corrected chi connectivity index (χ1v) is 5.49. The minimum absolute atomic E-state index is 0.325. The maximum atomic E-state index is 6.10. The van der Waals surface area contributed by atoms with Crippen molar-refractivity contribution in [1.82, 2.24) is 0 Å². The second kappa shape index (κ2) is 6.05. The minimum atomic E-state index is 0.325. The number of hydrogen-bond acceptors (Lipinski definition) is 1. The molecule has 0 spiro atoms. The Morgan fingerprint density at radius 3 is 2.38 bits per heavy atom. The molecule has 0 heterocycles. The highest BCUT2D eigenvalue weighted by Gasteiger charge is 2.18. The van der Waals surface area contributed by atoms with Crippen LogP contribution in [0.2, 0.25) is 0 Å². The van der Waals surface area contributed by atoms with Crippen LogP contribution in [0.1, 0.15) is 51.9 Å². The lowest BCUT2D eigenvalue weighted by molar-refractivity contribution is 0.379. The summed E-state index contributed by atoms with van der Waals surface area (Å²) in [6.07, 6.45) is 9.10. The Morgan fingerprint density at radius 1 is 1.23 bits per heavy atom. The molecule has 1 rings (SSSR count). The summed E-state index contributed by atoms with van der Waals surface area (Å²) < 4.78 is 0. The SMILES string of the molecule is CC#CCC(N)C1CCCCCC1. The normalized spacial score (nSPS) is 21.4. The fourth-order valence-electron chi connectivity index (χ4n) is 2.13. The van der Waals surface area contributed by atoms with Crippen molar-refractivity contribution in [3.63, 3.8) is 0 Å². The van der Waals surface area contributed by atoms with Gasteiger partial charge in [-0.25, -0.2) is 0 Å². The van der Waals surface area contributed by atoms with Crippen molar-refractivity contribution in [2.24, 2.45) is 11.7 Å². The van der Waals surface area contributed by atoms with E-state index in [0.717, 1.165) is 12.3 Å². The summed E-state index contributed by atoms with van der Waals surface area (Å²) in [6.45, 7) is 1.89. The molecular formula is C12H21N. The van der Waals surface area contributed by atoms with Crippen molar-refractivity contribution < 1.29 is 0 Å². The van der Waals surface area contributed by atoms with Gasteiger partial charge in [0.2, 0.25) is 0 Å². The van der Waals surface area contributed by atoms with Crippen LogP contribution >= 0.6 is 0 Å². The molecule has 0 aromatic heterocycles. The molecule has 0 aromatic carbocycles. The molecule has 13 heavy (non-hydrogen) atoms. The molecule has 0 aliphatic heterocycles. The van der Waals surface area contributed by atoms with Gasteiger partial charge in [-0.15, -0.1) is 11.8 Å². The fourth-order valence-corrected chi connectivity index (χ4v) is 2.13. The van der Waals surface area contributed by atoms with E-state index in [4.69, 9.17) is 5.73 Å². The summed E-state index contributed by atoms with van der Waals surface area (Å²) in [4.78, 5) is 0. The molecule has 1 fully saturated rings. The molecule has 0 saturated heterocycles. The van der Waals surface area contributed by atoms with Gasteiger partial charge in [-0.3, -0.25) is 0 Å². The number of nitrogens with two attached hydrogens (primary N) is 1. The first-order chi connectivity index (χ1) is 6.34. The molecule has 1 heteroatoms. The zero-order valence-corrected chi connectivity index (χ0v) is 8.68. The van der Waals surface area contributed by atoms with Gasteiger partial charge in [0.25, 0.3) is 0 Å². The molecule has 0 amide bonds. The van der Waals surface area contributed by atoms with E-state index in [1.54, 1.807) is 0 Å². The van der Waals surface area contributed by atoms with E-state index in [-0.39, 0.29) is 0 Å². The molecule has 1 aliphatic rings. The highest BCUT2D eigenvalue weighted by molar-refractivity contribution is 4.98. The quantitative estimate of drug-likeness (QED) is 0.512. The zero-order chi connectivity index (χ0) is 9.52. The predicted octanol–water partition coefficient (Wildman–Crippen LogP) is 2.70. The lowest BCUT2D eigenvalue weighted by Gasteiger charge is -2.19. The van der Waals surface area contributed by atoms with Crippen LogP contribution in [-0.2, 0) is 0 Å². The first-order valence-electron chi connectivity index (χ1n) is 5.49. The van der Waals surface area contributed by atoms with Crippen LogP contribution in [0.3, 0.4) is 0 Å². The van der Waals surface area contributed by atoms with Crippen LogP contribution in [0.5, 0.6) is 0 Å². The molecule has 1 unspecified atom stereocenters. The second-order valence-corrected chi connectivity index (χ2v) is 4.05. The van der Waals surface area contributed by atoms with Gasteiger partial charge in [0, 0.05) is 12.5 Å². The van der Waals surface area contributed by atoms with E-state index >= 15 is 0 Å². The standard InChI is InChI=1S/C12H21N/c1-2-3-10-12(13)11-8-6-4-5-7-9-11/h11-12H,4-10,13H2,1H3. The van der Waals surface area contributed by atoms with Crippen LogP contribution in [0.4, 0.5) is 0 Å². The van der Waals surface area contributed by atoms with Crippen molar-refractivity contribution >= 4 is 0 Å². The van der Waals surface area contributed by atoms with Crippen molar-refractivity contribution in [2.75, 3.05) is 0 Å². The third-order valence-electron chi connectivity index (χ3n) is 3.02. The molecule has 0 bridgehead atoms. The molecular weight excluding hydrogens is 158 g/mol. The Hall–Kier alpha value is -0.480. The van der Waals surface area contributed by atoms with E-state index in [1.165, 1.54) is 38.5 Å². The average Bonchev–Trinajstić information content (AvgIpc) is 2.42. The molecule has 0 radical (unpaired) electrons. The molecule has 1 saturated carbocycles. The van der Waals surface area contributed by atoms with Crippen LogP contribution in [0, 0.1) is 17.8 Å². The topological polar surface area (TPSA) is 26.0 Å². The summed E-state index contributed by atoms with van der Waals surface area (Å²) in [5.41, 5.74) is 6.10. The lowest BCUT2D eigenvalue weighted by Crippen LogP contribution is -2.29. The summed E-state index contributed by atoms with van der Waals surface area (Å²) in [6, 6.07) is 0.325. The van der Waals surface area contributed by atoms with Gasteiger partial charge in [0.05, 0.1) is 0 Å². The highest BCUT2D eigenvalue weighted by atomic mass is 14.6. The van der Waals surface area contributed by atoms with E-state index in [2.05, 4.69) is 11.8 Å². The Balaban J connectivity index is 2.33. The van der Waals surface area contributed by atoms with Gasteiger partial charge < -0.3 is 5.73 Å². The monoisotopic (exact) mass is 179 g/mol. The van der Waals surface area contributed by atoms with Crippen LogP contribution in [0.25, 0.3) is 0 Å². The van der Waals surface area contributed by atoms with Gasteiger partial charge in [-0.2, -0.15) is 0 Å². The van der Waals surface area contributed by atoms with Crippen molar-refractivity contribution in [3.8, 4) is 11.8 Å². The van der Waals surface area contributed by atoms with Crippen molar-refractivity contribution in [3.05, 3.63) is 0 Å². The largest absolute Gasteiger partial charge is 0.327 e. The van der Waals surface area contributed by atoms with Gasteiger partial charge in [-0.05, 0) is 25.7 Å². The van der Waals surface area contributed by atoms with E-state index in [1.807, 2.05) is 6.92 Å². The number of rotatable bonds is 2. The molecule has 1 aliphatic carbocycles. The first kappa shape index (κ1) is 10.6. The van der Waals surface area contributed by atoms with E-state index < -0.39 is 0 Å². The smallest absolute Gasteiger partial charge is 0.0243 e. The maximum Gasteiger partial charge on any atom is 0.0243 e. The Morgan fingerprint density at radius 2 is 1.85 bits per heavy atom. The Labute approximate surface area is 82.1 Å². The zero-order valence-electron chi connectivity index (χ0n) is 8.68. The van der Waals surface area contributed by atoms with E-state index in [0.29, 0.717) is 6.04 Å². The van der Waals surface area contributed by atoms with Crippen LogP contribution in [0.15, 0.2) is 0 Å². The summed E-state index contributed by atoms with van der Waals surface area (Å²) in [5, 5.41) is 0. The fraction of sp³-hybridized carbons (Fsp3) is 0.833. The third-order valence-corrected chi connectivity index (χ3v) is 3.02. The summed E-state index contributed by atoms with van der Waals surface area (Å²) >= 11 is 0. The highest BCUT2D eigenvalue weighted by Crippen LogP contribution is 2.25. The molecule has 1 atom stereocenters. The third kappa shape index (κ3) is 3.83. The van der Waals surface area contributed by atoms with Crippen LogP contribution in [-0.4, -0.2) is 6.04 Å². The van der Waals surface area contributed by atoms with Gasteiger partial charge >= 0.3 is 0 Å². The molecule has 2 N–H and O–H groups in total. The van der Waals surface area contributed by atoms with Gasteiger partial charge in [0.15, 0.2) is 0 Å². The van der Waals surface area contributed by atoms with E-state index in [9.17, 15) is 0 Å². The second-order valence-electron chi connectivity index (χ2n) is 4.05. The van der Waals surface area contributed by atoms with Gasteiger partial charge in [-0.1, -0.05) is 25.7 Å². The summed E-state index contributed by atoms with van der Waals surface area (Å²) in [7, 11) is 0. The van der Waals surface area contributed by atoms with Crippen molar-refractivity contribution in [2.45, 2.75) is 57.9 Å². The molecule has 74 valence electrons. The number of hydrogen-bond donors (Lipinski definition) is 1. The lowest BCUT2D eigenvalue weighted by atomic mass is 9.91. The van der Waals surface area contributed by atoms with Crippen LogP contribution < -0.4 is 5.73 Å². The average molecular weight is 179 g/mol. The Bertz CT molecular complexity index is 179. The molecule has 1 nitrogen and oxygen atoms in total.